The first-order valence-electron chi connectivity index (χ1n) is 8.22. The zero-order chi connectivity index (χ0) is 19.9. The molecule has 10 heteroatoms. The number of hydrogen-bond donors (Lipinski definition) is 4. The van der Waals surface area contributed by atoms with Gasteiger partial charge in [-0.15, -0.1) is 0 Å². The van der Waals surface area contributed by atoms with Gasteiger partial charge in [0.25, 0.3) is 10.9 Å². The third kappa shape index (κ3) is 3.26. The first kappa shape index (κ1) is 17.9. The SMILES string of the molecule is NS(=O)(=O)c1cccc(CNc2c(Nc3ccc4[nH]ncc4c3)c(=O)c2=O)c1. The number of rotatable bonds is 6. The number of aromatic amines is 1. The number of nitrogens with one attached hydrogen (secondary N) is 3. The van der Waals surface area contributed by atoms with Gasteiger partial charge < -0.3 is 10.6 Å². The molecule has 0 saturated heterocycles. The van der Waals surface area contributed by atoms with Gasteiger partial charge in [-0.25, -0.2) is 13.6 Å². The van der Waals surface area contributed by atoms with E-state index in [0.717, 1.165) is 10.9 Å². The summed E-state index contributed by atoms with van der Waals surface area (Å²) in [6.07, 6.45) is 1.65. The fourth-order valence-electron chi connectivity index (χ4n) is 2.87. The summed E-state index contributed by atoms with van der Waals surface area (Å²) >= 11 is 0. The standard InChI is InChI=1S/C18H15N5O4S/c19-28(26,27)13-3-1-2-10(6-13)8-20-15-16(18(25)17(15)24)22-12-4-5-14-11(7-12)9-21-23-14/h1-7,9,20,22H,8H2,(H,21,23)(H2,19,26,27). The Morgan fingerprint density at radius 3 is 2.61 bits per heavy atom. The van der Waals surface area contributed by atoms with Gasteiger partial charge in [0.2, 0.25) is 10.0 Å². The summed E-state index contributed by atoms with van der Waals surface area (Å²) in [5.74, 6) is 0. The van der Waals surface area contributed by atoms with Crippen LogP contribution < -0.4 is 26.6 Å². The minimum atomic E-state index is -3.82. The molecule has 28 heavy (non-hydrogen) atoms. The molecule has 0 amide bonds. The molecule has 3 aromatic carbocycles. The maximum Gasteiger partial charge on any atom is 0.253 e. The molecule has 5 N–H and O–H groups in total. The highest BCUT2D eigenvalue weighted by Crippen LogP contribution is 2.24. The average Bonchev–Trinajstić information content (AvgIpc) is 3.14. The number of aromatic nitrogens is 2. The molecule has 1 aromatic heterocycles. The smallest absolute Gasteiger partial charge is 0.253 e. The highest BCUT2D eigenvalue weighted by atomic mass is 32.2. The number of nitrogens with zero attached hydrogens (tertiary/aromatic N) is 1. The van der Waals surface area contributed by atoms with E-state index in [1.807, 2.05) is 6.07 Å². The summed E-state index contributed by atoms with van der Waals surface area (Å²) < 4.78 is 22.9. The van der Waals surface area contributed by atoms with Crippen molar-refractivity contribution in [2.75, 3.05) is 10.6 Å². The third-order valence-electron chi connectivity index (χ3n) is 4.32. The highest BCUT2D eigenvalue weighted by molar-refractivity contribution is 7.89. The lowest BCUT2D eigenvalue weighted by Gasteiger charge is -2.15. The molecule has 4 aromatic rings. The number of benzene rings is 2. The van der Waals surface area contributed by atoms with E-state index in [1.54, 1.807) is 30.5 Å². The van der Waals surface area contributed by atoms with Crippen molar-refractivity contribution in [1.29, 1.82) is 0 Å². The Morgan fingerprint density at radius 2 is 1.82 bits per heavy atom. The molecule has 0 saturated carbocycles. The number of nitrogens with two attached hydrogens (primary N) is 1. The molecule has 0 aliphatic heterocycles. The molecule has 0 spiro atoms. The molecule has 0 atom stereocenters. The highest BCUT2D eigenvalue weighted by Gasteiger charge is 2.21. The number of hydrogen-bond acceptors (Lipinski definition) is 7. The molecule has 1 heterocycles. The van der Waals surface area contributed by atoms with Crippen molar-refractivity contribution in [3.63, 3.8) is 0 Å². The van der Waals surface area contributed by atoms with Gasteiger partial charge in [0.15, 0.2) is 0 Å². The van der Waals surface area contributed by atoms with Gasteiger partial charge in [0.1, 0.15) is 11.4 Å². The summed E-state index contributed by atoms with van der Waals surface area (Å²) in [7, 11) is -3.82. The van der Waals surface area contributed by atoms with Crippen LogP contribution in [-0.4, -0.2) is 18.6 Å². The summed E-state index contributed by atoms with van der Waals surface area (Å²) in [5, 5.41) is 18.6. The molecular formula is C18H15N5O4S. The molecule has 9 nitrogen and oxygen atoms in total. The van der Waals surface area contributed by atoms with Crippen LogP contribution in [0.3, 0.4) is 0 Å². The Bertz CT molecular complexity index is 1370. The van der Waals surface area contributed by atoms with Crippen LogP contribution in [0.4, 0.5) is 17.1 Å². The molecule has 0 radical (unpaired) electrons. The van der Waals surface area contributed by atoms with Gasteiger partial charge in [-0.05, 0) is 35.9 Å². The second kappa shape index (κ2) is 6.59. The van der Waals surface area contributed by atoms with Crippen molar-refractivity contribution in [2.45, 2.75) is 11.4 Å². The summed E-state index contributed by atoms with van der Waals surface area (Å²) in [5.41, 5.74) is 1.16. The third-order valence-corrected chi connectivity index (χ3v) is 5.23. The molecule has 4 rings (SSSR count). The molecule has 0 aliphatic carbocycles. The number of fused-ring (bicyclic) bond motifs is 1. The van der Waals surface area contributed by atoms with Crippen molar-refractivity contribution in [1.82, 2.24) is 10.2 Å². The number of anilines is 3. The maximum atomic E-state index is 12.0. The van der Waals surface area contributed by atoms with Gasteiger partial charge in [-0.1, -0.05) is 12.1 Å². The lowest BCUT2D eigenvalue weighted by Crippen LogP contribution is -2.36. The van der Waals surface area contributed by atoms with E-state index in [4.69, 9.17) is 5.14 Å². The Hall–Kier alpha value is -3.50. The van der Waals surface area contributed by atoms with E-state index in [0.29, 0.717) is 11.3 Å². The molecular weight excluding hydrogens is 382 g/mol. The Balaban J connectivity index is 1.54. The van der Waals surface area contributed by atoms with E-state index in [1.165, 1.54) is 12.1 Å². The van der Waals surface area contributed by atoms with Crippen LogP contribution in [0.15, 0.2) is 63.1 Å². The maximum absolute atomic E-state index is 12.0. The zero-order valence-corrected chi connectivity index (χ0v) is 15.2. The van der Waals surface area contributed by atoms with E-state index in [9.17, 15) is 18.0 Å². The lowest BCUT2D eigenvalue weighted by molar-refractivity contribution is 0.597. The zero-order valence-electron chi connectivity index (χ0n) is 14.4. The Labute approximate surface area is 158 Å². The van der Waals surface area contributed by atoms with Crippen molar-refractivity contribution in [2.24, 2.45) is 5.14 Å². The quantitative estimate of drug-likeness (QED) is 0.357. The van der Waals surface area contributed by atoms with Gasteiger partial charge in [0, 0.05) is 17.6 Å². The Morgan fingerprint density at radius 1 is 1.04 bits per heavy atom. The number of primary sulfonamides is 1. The minimum Gasteiger partial charge on any atom is -0.376 e. The molecule has 142 valence electrons. The second-order valence-corrected chi connectivity index (χ2v) is 7.81. The van der Waals surface area contributed by atoms with Gasteiger partial charge >= 0.3 is 0 Å². The summed E-state index contributed by atoms with van der Waals surface area (Å²) in [6, 6.07) is 11.4. The summed E-state index contributed by atoms with van der Waals surface area (Å²) in [4.78, 5) is 23.9. The fourth-order valence-corrected chi connectivity index (χ4v) is 3.45. The van der Waals surface area contributed by atoms with Crippen LogP contribution in [0, 0.1) is 0 Å². The average molecular weight is 397 g/mol. The van der Waals surface area contributed by atoms with Crippen molar-refractivity contribution in [3.05, 3.63) is 74.7 Å². The molecule has 0 unspecified atom stereocenters. The fraction of sp³-hybridized carbons (Fsp3) is 0.0556. The number of sulfonamides is 1. The van der Waals surface area contributed by atoms with Crippen LogP contribution in [0.25, 0.3) is 10.9 Å². The topological polar surface area (TPSA) is 147 Å². The monoisotopic (exact) mass is 397 g/mol. The lowest BCUT2D eigenvalue weighted by atomic mass is 10.1. The molecule has 0 fully saturated rings. The van der Waals surface area contributed by atoms with E-state index in [-0.39, 0.29) is 22.8 Å². The van der Waals surface area contributed by atoms with Crippen LogP contribution in [0.2, 0.25) is 0 Å². The van der Waals surface area contributed by atoms with Crippen LogP contribution in [-0.2, 0) is 16.6 Å². The number of H-pyrrole nitrogens is 1. The van der Waals surface area contributed by atoms with Crippen molar-refractivity contribution < 1.29 is 8.42 Å². The second-order valence-electron chi connectivity index (χ2n) is 6.25. The van der Waals surface area contributed by atoms with Gasteiger partial charge in [-0.3, -0.25) is 14.7 Å². The van der Waals surface area contributed by atoms with E-state index >= 15 is 0 Å². The van der Waals surface area contributed by atoms with E-state index < -0.39 is 20.9 Å². The first-order valence-corrected chi connectivity index (χ1v) is 9.76. The predicted octanol–water partition coefficient (Wildman–Crippen LogP) is 1.16. The van der Waals surface area contributed by atoms with Crippen LogP contribution in [0.5, 0.6) is 0 Å². The van der Waals surface area contributed by atoms with E-state index in [2.05, 4.69) is 20.8 Å². The summed E-state index contributed by atoms with van der Waals surface area (Å²) in [6.45, 7) is 0.156. The van der Waals surface area contributed by atoms with Crippen molar-refractivity contribution in [3.8, 4) is 0 Å². The van der Waals surface area contributed by atoms with Crippen molar-refractivity contribution >= 4 is 38.0 Å². The Kier molecular flexibility index (Phi) is 4.21. The normalized spacial score (nSPS) is 11.8. The largest absolute Gasteiger partial charge is 0.376 e. The van der Waals surface area contributed by atoms with Crippen LogP contribution in [0.1, 0.15) is 5.56 Å². The predicted molar refractivity (Wildman–Crippen MR) is 106 cm³/mol. The minimum absolute atomic E-state index is 0.0245. The van der Waals surface area contributed by atoms with Crippen LogP contribution >= 0.6 is 0 Å². The molecule has 0 aliphatic rings. The van der Waals surface area contributed by atoms with Gasteiger partial charge in [0.05, 0.1) is 16.6 Å². The first-order chi connectivity index (χ1) is 13.3. The molecule has 0 bridgehead atoms. The van der Waals surface area contributed by atoms with Gasteiger partial charge in [-0.2, -0.15) is 5.10 Å².